The Morgan fingerprint density at radius 2 is 1.83 bits per heavy atom. The minimum Gasteiger partial charge on any atom is -0.383 e. The monoisotopic (exact) mass is 249 g/mol. The van der Waals surface area contributed by atoms with Gasteiger partial charge in [-0.3, -0.25) is 0 Å². The van der Waals surface area contributed by atoms with Crippen LogP contribution in [0, 0.1) is 5.92 Å². The molecule has 0 radical (unpaired) electrons. The van der Waals surface area contributed by atoms with Crippen molar-refractivity contribution < 1.29 is 4.74 Å². The number of rotatable bonds is 8. The molecule has 0 bridgehead atoms. The van der Waals surface area contributed by atoms with Gasteiger partial charge in [0.15, 0.2) is 0 Å². The van der Waals surface area contributed by atoms with Gasteiger partial charge in [0, 0.05) is 19.2 Å². The Morgan fingerprint density at radius 1 is 1.17 bits per heavy atom. The number of nitrogens with one attached hydrogen (secondary N) is 1. The molecule has 102 valence electrons. The van der Waals surface area contributed by atoms with Gasteiger partial charge in [-0.1, -0.05) is 51.1 Å². The number of hydrogen-bond acceptors (Lipinski definition) is 2. The molecule has 1 N–H and O–H groups in total. The van der Waals surface area contributed by atoms with E-state index in [1.807, 2.05) is 0 Å². The van der Waals surface area contributed by atoms with E-state index in [2.05, 4.69) is 56.4 Å². The first-order valence-corrected chi connectivity index (χ1v) is 6.97. The minimum absolute atomic E-state index is 0.422. The number of benzene rings is 1. The summed E-state index contributed by atoms with van der Waals surface area (Å²) in [5.41, 5.74) is 1.38. The fourth-order valence-corrected chi connectivity index (χ4v) is 2.23. The molecule has 0 aliphatic carbocycles. The Kier molecular flexibility index (Phi) is 6.99. The van der Waals surface area contributed by atoms with Crippen LogP contribution in [0.15, 0.2) is 30.3 Å². The molecule has 1 aromatic carbocycles. The zero-order valence-corrected chi connectivity index (χ0v) is 12.1. The molecule has 2 nitrogen and oxygen atoms in total. The van der Waals surface area contributed by atoms with E-state index < -0.39 is 0 Å². The third-order valence-electron chi connectivity index (χ3n) is 3.21. The first-order valence-electron chi connectivity index (χ1n) is 6.97. The van der Waals surface area contributed by atoms with Gasteiger partial charge in [0.05, 0.1) is 6.61 Å². The Balaban J connectivity index is 2.72. The van der Waals surface area contributed by atoms with Crippen LogP contribution in [0.1, 0.15) is 45.2 Å². The van der Waals surface area contributed by atoms with Crippen molar-refractivity contribution in [2.75, 3.05) is 13.7 Å². The summed E-state index contributed by atoms with van der Waals surface area (Å²) in [5.74, 6) is 0.683. The van der Waals surface area contributed by atoms with Crippen LogP contribution in [0.5, 0.6) is 0 Å². The molecule has 0 heterocycles. The van der Waals surface area contributed by atoms with Crippen LogP contribution in [0.25, 0.3) is 0 Å². The summed E-state index contributed by atoms with van der Waals surface area (Å²) in [5, 5.41) is 3.73. The van der Waals surface area contributed by atoms with Crippen molar-refractivity contribution in [3.63, 3.8) is 0 Å². The van der Waals surface area contributed by atoms with E-state index >= 15 is 0 Å². The van der Waals surface area contributed by atoms with Crippen LogP contribution in [-0.4, -0.2) is 19.8 Å². The second-order valence-corrected chi connectivity index (χ2v) is 5.32. The third-order valence-corrected chi connectivity index (χ3v) is 3.21. The normalized spacial score (nSPS) is 14.7. The summed E-state index contributed by atoms with van der Waals surface area (Å²) in [4.78, 5) is 0. The van der Waals surface area contributed by atoms with E-state index in [-0.39, 0.29) is 0 Å². The van der Waals surface area contributed by atoms with Crippen LogP contribution >= 0.6 is 0 Å². The Bertz CT molecular complexity index is 310. The van der Waals surface area contributed by atoms with E-state index in [0.29, 0.717) is 18.0 Å². The van der Waals surface area contributed by atoms with Crippen molar-refractivity contribution in [3.05, 3.63) is 35.9 Å². The Labute approximate surface area is 112 Å². The fourth-order valence-electron chi connectivity index (χ4n) is 2.23. The van der Waals surface area contributed by atoms with E-state index in [1.54, 1.807) is 7.11 Å². The minimum atomic E-state index is 0.422. The summed E-state index contributed by atoms with van der Waals surface area (Å²) >= 11 is 0. The molecule has 0 fully saturated rings. The lowest BCUT2D eigenvalue weighted by Crippen LogP contribution is -2.36. The summed E-state index contributed by atoms with van der Waals surface area (Å²) < 4.78 is 5.27. The van der Waals surface area contributed by atoms with Crippen molar-refractivity contribution in [1.82, 2.24) is 5.32 Å². The van der Waals surface area contributed by atoms with E-state index in [0.717, 1.165) is 19.4 Å². The van der Waals surface area contributed by atoms with E-state index in [1.165, 1.54) is 5.56 Å². The SMILES string of the molecule is CCC(COC)NC(CC(C)C)c1ccccc1. The number of ether oxygens (including phenoxy) is 1. The summed E-state index contributed by atoms with van der Waals surface area (Å²) in [6, 6.07) is 11.6. The maximum atomic E-state index is 5.27. The van der Waals surface area contributed by atoms with E-state index in [4.69, 9.17) is 4.74 Å². The van der Waals surface area contributed by atoms with Gasteiger partial charge in [0.25, 0.3) is 0 Å². The maximum absolute atomic E-state index is 5.27. The van der Waals surface area contributed by atoms with Crippen LogP contribution in [0.4, 0.5) is 0 Å². The lowest BCUT2D eigenvalue weighted by molar-refractivity contribution is 0.156. The van der Waals surface area contributed by atoms with Gasteiger partial charge in [-0.15, -0.1) is 0 Å². The first kappa shape index (κ1) is 15.2. The predicted octanol–water partition coefficient (Wildman–Crippen LogP) is 3.79. The molecule has 0 spiro atoms. The van der Waals surface area contributed by atoms with Crippen molar-refractivity contribution in [2.45, 2.75) is 45.7 Å². The largest absolute Gasteiger partial charge is 0.383 e. The zero-order valence-electron chi connectivity index (χ0n) is 12.1. The van der Waals surface area contributed by atoms with Gasteiger partial charge in [0.2, 0.25) is 0 Å². The third kappa shape index (κ3) is 5.19. The smallest absolute Gasteiger partial charge is 0.0615 e. The molecule has 18 heavy (non-hydrogen) atoms. The average Bonchev–Trinajstić information content (AvgIpc) is 2.37. The average molecular weight is 249 g/mol. The Morgan fingerprint density at radius 3 is 2.33 bits per heavy atom. The molecule has 0 aromatic heterocycles. The maximum Gasteiger partial charge on any atom is 0.0615 e. The molecular weight excluding hydrogens is 222 g/mol. The van der Waals surface area contributed by atoms with Gasteiger partial charge in [-0.25, -0.2) is 0 Å². The highest BCUT2D eigenvalue weighted by Gasteiger charge is 2.16. The summed E-state index contributed by atoms with van der Waals surface area (Å²) in [7, 11) is 1.77. The summed E-state index contributed by atoms with van der Waals surface area (Å²) in [6.45, 7) is 7.52. The molecule has 1 rings (SSSR count). The van der Waals surface area contributed by atoms with Crippen LogP contribution in [0.2, 0.25) is 0 Å². The van der Waals surface area contributed by atoms with Crippen molar-refractivity contribution >= 4 is 0 Å². The van der Waals surface area contributed by atoms with Crippen molar-refractivity contribution in [3.8, 4) is 0 Å². The number of methoxy groups -OCH3 is 1. The van der Waals surface area contributed by atoms with Gasteiger partial charge in [-0.05, 0) is 24.3 Å². The topological polar surface area (TPSA) is 21.3 Å². The first-order chi connectivity index (χ1) is 8.67. The van der Waals surface area contributed by atoms with Crippen LogP contribution in [0.3, 0.4) is 0 Å². The molecular formula is C16H27NO. The number of hydrogen-bond donors (Lipinski definition) is 1. The molecule has 0 aliphatic heterocycles. The second-order valence-electron chi connectivity index (χ2n) is 5.32. The van der Waals surface area contributed by atoms with Gasteiger partial charge in [-0.2, -0.15) is 0 Å². The molecule has 0 saturated carbocycles. The molecule has 0 aliphatic rings. The highest BCUT2D eigenvalue weighted by Crippen LogP contribution is 2.22. The van der Waals surface area contributed by atoms with Crippen molar-refractivity contribution in [2.24, 2.45) is 5.92 Å². The van der Waals surface area contributed by atoms with Gasteiger partial charge in [0.1, 0.15) is 0 Å². The Hall–Kier alpha value is -0.860. The van der Waals surface area contributed by atoms with Gasteiger partial charge >= 0.3 is 0 Å². The molecule has 2 heteroatoms. The lowest BCUT2D eigenvalue weighted by atomic mass is 9.96. The summed E-state index contributed by atoms with van der Waals surface area (Å²) in [6.07, 6.45) is 2.25. The highest BCUT2D eigenvalue weighted by molar-refractivity contribution is 5.19. The van der Waals surface area contributed by atoms with Gasteiger partial charge < -0.3 is 10.1 Å². The highest BCUT2D eigenvalue weighted by atomic mass is 16.5. The molecule has 1 aromatic rings. The molecule has 0 amide bonds. The van der Waals surface area contributed by atoms with E-state index in [9.17, 15) is 0 Å². The molecule has 2 unspecified atom stereocenters. The molecule has 2 atom stereocenters. The standard InChI is InChI=1S/C16H27NO/c1-5-15(12-18-4)17-16(11-13(2)3)14-9-7-6-8-10-14/h6-10,13,15-17H,5,11-12H2,1-4H3. The molecule has 0 saturated heterocycles. The second kappa shape index (κ2) is 8.28. The lowest BCUT2D eigenvalue weighted by Gasteiger charge is -2.26. The quantitative estimate of drug-likeness (QED) is 0.757. The fraction of sp³-hybridized carbons (Fsp3) is 0.625. The van der Waals surface area contributed by atoms with Crippen LogP contribution in [-0.2, 0) is 4.74 Å². The van der Waals surface area contributed by atoms with Crippen LogP contribution < -0.4 is 5.32 Å². The van der Waals surface area contributed by atoms with Crippen molar-refractivity contribution in [1.29, 1.82) is 0 Å². The zero-order chi connectivity index (χ0) is 13.4. The predicted molar refractivity (Wildman–Crippen MR) is 77.7 cm³/mol.